The number of carbonyl (C=O) groups excluding carboxylic acids is 4. The van der Waals surface area contributed by atoms with Crippen LogP contribution in [0.1, 0.15) is 33.3 Å². The lowest BCUT2D eigenvalue weighted by Crippen LogP contribution is -2.58. The zero-order valence-corrected chi connectivity index (χ0v) is 18.8. The largest absolute Gasteiger partial charge is 0.480 e. The van der Waals surface area contributed by atoms with E-state index in [0.29, 0.717) is 0 Å². The van der Waals surface area contributed by atoms with Gasteiger partial charge in [0, 0.05) is 0 Å². The maximum absolute atomic E-state index is 12.5. The number of rotatable bonds is 11. The van der Waals surface area contributed by atoms with Crippen molar-refractivity contribution >= 4 is 29.8 Å². The normalized spacial score (nSPS) is 15.1. The Bertz CT molecular complexity index is 846. The van der Waals surface area contributed by atoms with Gasteiger partial charge < -0.3 is 36.2 Å². The lowest BCUT2D eigenvalue weighted by atomic mass is 10.1. The molecule has 12 heteroatoms. The average Bonchev–Trinajstić information content (AvgIpc) is 2.75. The van der Waals surface area contributed by atoms with Crippen LogP contribution in [-0.4, -0.2) is 70.3 Å². The Balaban J connectivity index is 2.59. The highest BCUT2D eigenvalue weighted by molar-refractivity contribution is 5.94. The van der Waals surface area contributed by atoms with Crippen LogP contribution in [0.5, 0.6) is 0 Å². The van der Waals surface area contributed by atoms with Crippen LogP contribution in [0, 0.1) is 0 Å². The second kappa shape index (κ2) is 13.0. The summed E-state index contributed by atoms with van der Waals surface area (Å²) in [7, 11) is 0. The number of carbonyl (C=O) groups is 5. The van der Waals surface area contributed by atoms with Crippen molar-refractivity contribution in [2.24, 2.45) is 0 Å². The fourth-order valence-corrected chi connectivity index (χ4v) is 2.47. The van der Waals surface area contributed by atoms with Crippen molar-refractivity contribution in [3.05, 3.63) is 35.9 Å². The number of hydrogen-bond acceptors (Lipinski definition) is 7. The first-order chi connectivity index (χ1) is 15.4. The van der Waals surface area contributed by atoms with E-state index >= 15 is 0 Å². The van der Waals surface area contributed by atoms with Gasteiger partial charge in [0.25, 0.3) is 0 Å². The van der Waals surface area contributed by atoms with Gasteiger partial charge in [-0.3, -0.25) is 19.2 Å². The fraction of sp³-hybridized carbons (Fsp3) is 0.476. The zero-order valence-electron chi connectivity index (χ0n) is 18.8. The third-order valence-electron chi connectivity index (χ3n) is 4.48. The third-order valence-corrected chi connectivity index (χ3v) is 4.48. The van der Waals surface area contributed by atoms with E-state index in [1.165, 1.54) is 27.7 Å². The molecule has 0 unspecified atom stereocenters. The van der Waals surface area contributed by atoms with Crippen LogP contribution in [0.25, 0.3) is 0 Å². The smallest absolute Gasteiger partial charge is 0.408 e. The number of ether oxygens (including phenoxy) is 1. The molecule has 0 saturated heterocycles. The number of alkyl carbamates (subject to hydrolysis) is 1. The van der Waals surface area contributed by atoms with Crippen molar-refractivity contribution in [1.29, 1.82) is 0 Å². The Hall–Kier alpha value is -3.67. The number of carboxylic acid groups (broad SMARTS) is 1. The molecule has 0 aliphatic heterocycles. The van der Waals surface area contributed by atoms with Crippen LogP contribution < -0.4 is 21.3 Å². The Morgan fingerprint density at radius 1 is 0.788 bits per heavy atom. The molecule has 0 radical (unpaired) electrons. The molecule has 5 atom stereocenters. The van der Waals surface area contributed by atoms with E-state index in [1.807, 2.05) is 0 Å². The predicted molar refractivity (Wildman–Crippen MR) is 116 cm³/mol. The van der Waals surface area contributed by atoms with E-state index in [2.05, 4.69) is 21.3 Å². The van der Waals surface area contributed by atoms with E-state index in [0.717, 1.165) is 5.56 Å². The summed E-state index contributed by atoms with van der Waals surface area (Å²) in [5.41, 5.74) is 0.729. The number of nitrogens with one attached hydrogen (secondary N) is 4. The van der Waals surface area contributed by atoms with Gasteiger partial charge in [-0.15, -0.1) is 0 Å². The number of aliphatic hydroxyl groups excluding tert-OH is 1. The molecule has 0 heterocycles. The molecular weight excluding hydrogens is 436 g/mol. The molecule has 1 aromatic rings. The number of carboxylic acids is 1. The van der Waals surface area contributed by atoms with Gasteiger partial charge in [-0.2, -0.15) is 0 Å². The molecule has 0 fully saturated rings. The second-order valence-corrected chi connectivity index (χ2v) is 7.45. The Morgan fingerprint density at radius 3 is 1.76 bits per heavy atom. The van der Waals surface area contributed by atoms with Crippen LogP contribution in [0.2, 0.25) is 0 Å². The highest BCUT2D eigenvalue weighted by atomic mass is 16.5. The predicted octanol–water partition coefficient (Wildman–Crippen LogP) is -0.739. The van der Waals surface area contributed by atoms with Gasteiger partial charge in [0.05, 0.1) is 6.10 Å². The van der Waals surface area contributed by atoms with Gasteiger partial charge in [0.15, 0.2) is 0 Å². The van der Waals surface area contributed by atoms with Gasteiger partial charge in [-0.1, -0.05) is 30.3 Å². The molecule has 6 N–H and O–H groups in total. The summed E-state index contributed by atoms with van der Waals surface area (Å²) < 4.78 is 5.03. The topological polar surface area (TPSA) is 183 Å². The molecule has 0 aliphatic rings. The van der Waals surface area contributed by atoms with Crippen LogP contribution in [0.15, 0.2) is 30.3 Å². The summed E-state index contributed by atoms with van der Waals surface area (Å²) in [6, 6.07) is 4.09. The van der Waals surface area contributed by atoms with Crippen molar-refractivity contribution in [1.82, 2.24) is 21.3 Å². The Morgan fingerprint density at radius 2 is 1.27 bits per heavy atom. The standard InChI is InChI=1S/C21H30N4O8/c1-11(18(28)24-13(3)20(30)31)22-17(27)12(2)23-19(29)16(14(4)26)25-21(32)33-10-15-8-6-5-7-9-15/h5-9,11-14,16,26H,10H2,1-4H3,(H,22,27)(H,23,29)(H,24,28)(H,25,32)(H,30,31)/t11-,12-,13-,14+,16-/m0/s1. The first-order valence-electron chi connectivity index (χ1n) is 10.2. The lowest BCUT2D eigenvalue weighted by Gasteiger charge is -2.23. The number of aliphatic carboxylic acids is 1. The first kappa shape index (κ1) is 27.4. The molecule has 0 bridgehead atoms. The van der Waals surface area contributed by atoms with E-state index < -0.39 is 60.1 Å². The van der Waals surface area contributed by atoms with Crippen molar-refractivity contribution in [2.45, 2.75) is 64.6 Å². The SMILES string of the molecule is C[C@H](NC(=O)[C@H](C)NC(=O)[C@H](C)NC(=O)[C@@H](NC(=O)OCc1ccccc1)[C@@H](C)O)C(=O)O. The maximum Gasteiger partial charge on any atom is 0.408 e. The highest BCUT2D eigenvalue weighted by Crippen LogP contribution is 2.02. The molecule has 1 rings (SSSR count). The molecule has 12 nitrogen and oxygen atoms in total. The monoisotopic (exact) mass is 466 g/mol. The van der Waals surface area contributed by atoms with Gasteiger partial charge in [-0.05, 0) is 33.3 Å². The number of aliphatic hydroxyl groups is 1. The number of benzene rings is 1. The molecule has 0 aromatic heterocycles. The molecular formula is C21H30N4O8. The molecule has 0 aliphatic carbocycles. The van der Waals surface area contributed by atoms with Crippen molar-refractivity contribution in [2.75, 3.05) is 0 Å². The summed E-state index contributed by atoms with van der Waals surface area (Å²) in [4.78, 5) is 59.6. The summed E-state index contributed by atoms with van der Waals surface area (Å²) in [6.07, 6.45) is -2.23. The van der Waals surface area contributed by atoms with E-state index in [4.69, 9.17) is 9.84 Å². The summed E-state index contributed by atoms with van der Waals surface area (Å²) in [6.45, 7) is 5.19. The summed E-state index contributed by atoms with van der Waals surface area (Å²) in [5.74, 6) is -3.53. The second-order valence-electron chi connectivity index (χ2n) is 7.45. The van der Waals surface area contributed by atoms with Gasteiger partial charge in [-0.25, -0.2) is 4.79 Å². The molecule has 4 amide bonds. The van der Waals surface area contributed by atoms with Gasteiger partial charge in [0.2, 0.25) is 17.7 Å². The highest BCUT2D eigenvalue weighted by Gasteiger charge is 2.29. The number of amides is 4. The van der Waals surface area contributed by atoms with Gasteiger partial charge >= 0.3 is 12.1 Å². The van der Waals surface area contributed by atoms with Crippen LogP contribution in [0.3, 0.4) is 0 Å². The summed E-state index contributed by atoms with van der Waals surface area (Å²) >= 11 is 0. The first-order valence-corrected chi connectivity index (χ1v) is 10.2. The fourth-order valence-electron chi connectivity index (χ4n) is 2.47. The minimum atomic E-state index is -1.40. The Labute approximate surface area is 191 Å². The molecule has 0 spiro atoms. The third kappa shape index (κ3) is 9.56. The zero-order chi connectivity index (χ0) is 25.1. The van der Waals surface area contributed by atoms with Crippen LogP contribution in [0.4, 0.5) is 4.79 Å². The maximum atomic E-state index is 12.5. The van der Waals surface area contributed by atoms with Crippen LogP contribution in [-0.2, 0) is 30.5 Å². The molecule has 33 heavy (non-hydrogen) atoms. The van der Waals surface area contributed by atoms with Crippen molar-refractivity contribution in [3.8, 4) is 0 Å². The average molecular weight is 466 g/mol. The van der Waals surface area contributed by atoms with E-state index in [1.54, 1.807) is 30.3 Å². The minimum absolute atomic E-state index is 0.0416. The molecule has 1 aromatic carbocycles. The van der Waals surface area contributed by atoms with Gasteiger partial charge in [0.1, 0.15) is 30.8 Å². The lowest BCUT2D eigenvalue weighted by molar-refractivity contribution is -0.141. The summed E-state index contributed by atoms with van der Waals surface area (Å²) in [5, 5.41) is 27.8. The van der Waals surface area contributed by atoms with Crippen LogP contribution >= 0.6 is 0 Å². The van der Waals surface area contributed by atoms with Crippen molar-refractivity contribution < 1.29 is 38.9 Å². The van der Waals surface area contributed by atoms with E-state index in [9.17, 15) is 29.1 Å². The molecule has 0 saturated carbocycles. The van der Waals surface area contributed by atoms with E-state index in [-0.39, 0.29) is 6.61 Å². The number of hydrogen-bond donors (Lipinski definition) is 6. The van der Waals surface area contributed by atoms with Crippen molar-refractivity contribution in [3.63, 3.8) is 0 Å². The minimum Gasteiger partial charge on any atom is -0.480 e. The Kier molecular flexibility index (Phi) is 10.8. The molecule has 182 valence electrons. The quantitative estimate of drug-likeness (QED) is 0.246.